The fourth-order valence-electron chi connectivity index (χ4n) is 2.53. The molecule has 0 radical (unpaired) electrons. The quantitative estimate of drug-likeness (QED) is 0.859. The van der Waals surface area contributed by atoms with Gasteiger partial charge in [-0.25, -0.2) is 0 Å². The average Bonchev–Trinajstić information content (AvgIpc) is 2.28. The van der Waals surface area contributed by atoms with Crippen LogP contribution in [0.5, 0.6) is 0 Å². The summed E-state index contributed by atoms with van der Waals surface area (Å²) in [5.74, 6) is 0. The summed E-state index contributed by atoms with van der Waals surface area (Å²) in [6.07, 6.45) is 0.151. The van der Waals surface area contributed by atoms with E-state index in [0.29, 0.717) is 0 Å². The van der Waals surface area contributed by atoms with E-state index in [1.165, 1.54) is 11.1 Å². The zero-order valence-electron chi connectivity index (χ0n) is 12.6. The van der Waals surface area contributed by atoms with Gasteiger partial charge in [-0.15, -0.1) is 0 Å². The maximum absolute atomic E-state index is 5.78. The molecule has 1 N–H and O–H groups in total. The van der Waals surface area contributed by atoms with Gasteiger partial charge in [0.05, 0.1) is 12.1 Å². The Morgan fingerprint density at radius 2 is 1.83 bits per heavy atom. The van der Waals surface area contributed by atoms with E-state index in [4.69, 9.17) is 4.74 Å². The van der Waals surface area contributed by atoms with Crippen molar-refractivity contribution in [2.45, 2.75) is 46.8 Å². The molecule has 18 heavy (non-hydrogen) atoms. The number of benzene rings is 1. The van der Waals surface area contributed by atoms with Crippen molar-refractivity contribution >= 4 is 0 Å². The van der Waals surface area contributed by atoms with Crippen LogP contribution >= 0.6 is 0 Å². The number of hydrogen-bond donors (Lipinski definition) is 1. The molecule has 102 valence electrons. The van der Waals surface area contributed by atoms with Crippen LogP contribution in [-0.4, -0.2) is 19.8 Å². The summed E-state index contributed by atoms with van der Waals surface area (Å²) in [6.45, 7) is 11.9. The maximum atomic E-state index is 5.78. The molecule has 0 aromatic heterocycles. The normalized spacial score (nSPS) is 15.4. The minimum absolute atomic E-state index is 0.101. The first-order chi connectivity index (χ1) is 8.41. The Hall–Kier alpha value is -0.860. The van der Waals surface area contributed by atoms with Crippen molar-refractivity contribution in [3.05, 3.63) is 35.4 Å². The van der Waals surface area contributed by atoms with Crippen molar-refractivity contribution in [1.29, 1.82) is 0 Å². The third-order valence-corrected chi connectivity index (χ3v) is 3.36. The molecule has 0 aliphatic rings. The minimum atomic E-state index is 0.101. The minimum Gasteiger partial charge on any atom is -0.379 e. The van der Waals surface area contributed by atoms with Crippen molar-refractivity contribution in [2.24, 2.45) is 5.41 Å². The second-order valence-corrected chi connectivity index (χ2v) is 5.91. The predicted octanol–water partition coefficient (Wildman–Crippen LogP) is 3.71. The van der Waals surface area contributed by atoms with E-state index in [1.807, 2.05) is 0 Å². The summed E-state index contributed by atoms with van der Waals surface area (Å²) in [5, 5.41) is 3.57. The van der Waals surface area contributed by atoms with Crippen molar-refractivity contribution in [1.82, 2.24) is 5.32 Å². The first kappa shape index (κ1) is 15.2. The van der Waals surface area contributed by atoms with Crippen LogP contribution in [0.3, 0.4) is 0 Å². The number of aryl methyl sites for hydroxylation is 1. The van der Waals surface area contributed by atoms with Crippen LogP contribution in [0, 0.1) is 12.3 Å². The van der Waals surface area contributed by atoms with Gasteiger partial charge in [0.2, 0.25) is 0 Å². The van der Waals surface area contributed by atoms with Crippen LogP contribution in [0.15, 0.2) is 24.3 Å². The second kappa shape index (κ2) is 6.35. The molecule has 1 aromatic carbocycles. The number of methoxy groups -OCH3 is 1. The van der Waals surface area contributed by atoms with Gasteiger partial charge < -0.3 is 10.1 Å². The lowest BCUT2D eigenvalue weighted by Gasteiger charge is -2.37. The van der Waals surface area contributed by atoms with Crippen LogP contribution in [0.25, 0.3) is 0 Å². The van der Waals surface area contributed by atoms with Gasteiger partial charge in [-0.1, -0.05) is 52.0 Å². The summed E-state index contributed by atoms with van der Waals surface area (Å²) in [7, 11) is 1.80. The Morgan fingerprint density at radius 1 is 1.22 bits per heavy atom. The maximum Gasteiger partial charge on any atom is 0.0814 e. The topological polar surface area (TPSA) is 21.3 Å². The monoisotopic (exact) mass is 249 g/mol. The van der Waals surface area contributed by atoms with Crippen LogP contribution in [-0.2, 0) is 4.74 Å². The molecule has 0 spiro atoms. The van der Waals surface area contributed by atoms with Crippen LogP contribution < -0.4 is 5.32 Å². The SMILES string of the molecule is CCNC(c1ccccc1C)C(OC)C(C)(C)C. The zero-order valence-corrected chi connectivity index (χ0v) is 12.6. The number of likely N-dealkylation sites (N-methyl/N-ethyl adjacent to an activating group) is 1. The van der Waals surface area contributed by atoms with E-state index in [9.17, 15) is 0 Å². The molecule has 2 unspecified atom stereocenters. The lowest BCUT2D eigenvalue weighted by molar-refractivity contribution is -0.0117. The largest absolute Gasteiger partial charge is 0.379 e. The second-order valence-electron chi connectivity index (χ2n) is 5.91. The first-order valence-electron chi connectivity index (χ1n) is 6.73. The molecule has 1 rings (SSSR count). The number of ether oxygens (including phenoxy) is 1. The molecule has 0 aliphatic heterocycles. The summed E-state index contributed by atoms with van der Waals surface area (Å²) >= 11 is 0. The summed E-state index contributed by atoms with van der Waals surface area (Å²) in [6, 6.07) is 8.78. The van der Waals surface area contributed by atoms with Gasteiger partial charge in [0.25, 0.3) is 0 Å². The smallest absolute Gasteiger partial charge is 0.0814 e. The Bertz CT molecular complexity index is 368. The summed E-state index contributed by atoms with van der Waals surface area (Å²) in [5.41, 5.74) is 2.75. The average molecular weight is 249 g/mol. The molecule has 2 atom stereocenters. The highest BCUT2D eigenvalue weighted by molar-refractivity contribution is 5.30. The van der Waals surface area contributed by atoms with Gasteiger partial charge in [0.15, 0.2) is 0 Å². The van der Waals surface area contributed by atoms with Crippen LogP contribution in [0.1, 0.15) is 44.9 Å². The van der Waals surface area contributed by atoms with Gasteiger partial charge >= 0.3 is 0 Å². The molecule has 0 aliphatic carbocycles. The molecule has 0 fully saturated rings. The van der Waals surface area contributed by atoms with Crippen molar-refractivity contribution in [3.8, 4) is 0 Å². The Morgan fingerprint density at radius 3 is 2.28 bits per heavy atom. The fourth-order valence-corrected chi connectivity index (χ4v) is 2.53. The number of rotatable bonds is 5. The van der Waals surface area contributed by atoms with E-state index in [1.54, 1.807) is 7.11 Å². The van der Waals surface area contributed by atoms with E-state index < -0.39 is 0 Å². The highest BCUT2D eigenvalue weighted by atomic mass is 16.5. The summed E-state index contributed by atoms with van der Waals surface area (Å²) < 4.78 is 5.78. The van der Waals surface area contributed by atoms with Crippen molar-refractivity contribution in [2.75, 3.05) is 13.7 Å². The third kappa shape index (κ3) is 3.56. The predicted molar refractivity (Wildman–Crippen MR) is 77.8 cm³/mol. The Labute approximate surface area is 112 Å². The summed E-state index contributed by atoms with van der Waals surface area (Å²) in [4.78, 5) is 0. The molecule has 0 saturated heterocycles. The molecule has 1 aromatic rings. The standard InChI is InChI=1S/C16H27NO/c1-7-17-14(15(18-6)16(3,4)5)13-11-9-8-10-12(13)2/h8-11,14-15,17H,7H2,1-6H3. The molecule has 0 saturated carbocycles. The van der Waals surface area contributed by atoms with E-state index in [2.05, 4.69) is 64.2 Å². The molecular weight excluding hydrogens is 222 g/mol. The van der Waals surface area contributed by atoms with E-state index >= 15 is 0 Å². The van der Waals surface area contributed by atoms with E-state index in [-0.39, 0.29) is 17.6 Å². The molecule has 0 bridgehead atoms. The lowest BCUT2D eigenvalue weighted by Crippen LogP contribution is -2.41. The lowest BCUT2D eigenvalue weighted by atomic mass is 9.81. The molecular formula is C16H27NO. The molecule has 0 amide bonds. The Kier molecular flexibility index (Phi) is 5.36. The number of nitrogens with one attached hydrogen (secondary N) is 1. The van der Waals surface area contributed by atoms with Gasteiger partial charge in [0, 0.05) is 7.11 Å². The Balaban J connectivity index is 3.13. The van der Waals surface area contributed by atoms with Crippen LogP contribution in [0.4, 0.5) is 0 Å². The zero-order chi connectivity index (χ0) is 13.8. The van der Waals surface area contributed by atoms with Gasteiger partial charge in [-0.05, 0) is 30.0 Å². The highest BCUT2D eigenvalue weighted by Gasteiger charge is 2.33. The van der Waals surface area contributed by atoms with Gasteiger partial charge in [0.1, 0.15) is 0 Å². The van der Waals surface area contributed by atoms with Crippen molar-refractivity contribution in [3.63, 3.8) is 0 Å². The van der Waals surface area contributed by atoms with Crippen LogP contribution in [0.2, 0.25) is 0 Å². The highest BCUT2D eigenvalue weighted by Crippen LogP contribution is 2.33. The molecule has 0 heterocycles. The third-order valence-electron chi connectivity index (χ3n) is 3.36. The molecule has 2 heteroatoms. The van der Waals surface area contributed by atoms with Gasteiger partial charge in [-0.2, -0.15) is 0 Å². The number of hydrogen-bond acceptors (Lipinski definition) is 2. The van der Waals surface area contributed by atoms with E-state index in [0.717, 1.165) is 6.54 Å². The fraction of sp³-hybridized carbons (Fsp3) is 0.625. The molecule has 2 nitrogen and oxygen atoms in total. The van der Waals surface area contributed by atoms with Gasteiger partial charge in [-0.3, -0.25) is 0 Å². The van der Waals surface area contributed by atoms with Crippen molar-refractivity contribution < 1.29 is 4.74 Å². The first-order valence-corrected chi connectivity index (χ1v) is 6.73.